The van der Waals surface area contributed by atoms with Gasteiger partial charge in [0.1, 0.15) is 5.82 Å². The molecule has 0 fully saturated rings. The normalized spacial score (nSPS) is 11.5. The van der Waals surface area contributed by atoms with E-state index in [4.69, 9.17) is 17.3 Å². The molecular weight excluding hydrogens is 408 g/mol. The SMILES string of the molecule is Cc1cc(N)ncc1NS(=O)(=O)c1ccc(Cl)c(-c2nccc3ccccc23)c1. The molecule has 0 spiro atoms. The zero-order chi connectivity index (χ0) is 20.6. The number of hydrogen-bond acceptors (Lipinski definition) is 5. The van der Waals surface area contributed by atoms with Gasteiger partial charge in [-0.05, 0) is 48.2 Å². The predicted octanol–water partition coefficient (Wildman–Crippen LogP) is 4.64. The maximum absolute atomic E-state index is 13.0. The Labute approximate surface area is 173 Å². The fourth-order valence-electron chi connectivity index (χ4n) is 3.08. The molecule has 2 aromatic carbocycles. The highest BCUT2D eigenvalue weighted by Gasteiger charge is 2.19. The zero-order valence-corrected chi connectivity index (χ0v) is 17.0. The first kappa shape index (κ1) is 19.2. The summed E-state index contributed by atoms with van der Waals surface area (Å²) in [6.45, 7) is 1.75. The summed E-state index contributed by atoms with van der Waals surface area (Å²) in [5.41, 5.74) is 7.83. The number of pyridine rings is 2. The molecule has 0 atom stereocenters. The third-order valence-electron chi connectivity index (χ3n) is 4.55. The van der Waals surface area contributed by atoms with Crippen molar-refractivity contribution < 1.29 is 8.42 Å². The van der Waals surface area contributed by atoms with Crippen LogP contribution in [0.15, 0.2) is 71.9 Å². The standard InChI is InChI=1S/C21H17ClN4O2S/c1-13-10-20(23)25-12-19(13)26-29(27,28)15-6-7-18(22)17(11-15)21-16-5-3-2-4-14(16)8-9-24-21/h2-12,26H,1H3,(H2,23,25). The van der Waals surface area contributed by atoms with E-state index in [-0.39, 0.29) is 4.90 Å². The van der Waals surface area contributed by atoms with E-state index in [0.29, 0.717) is 33.3 Å². The molecule has 4 aromatic rings. The Morgan fingerprint density at radius 3 is 2.62 bits per heavy atom. The van der Waals surface area contributed by atoms with Crippen molar-refractivity contribution in [1.82, 2.24) is 9.97 Å². The molecule has 0 bridgehead atoms. The molecule has 2 heterocycles. The molecular formula is C21H17ClN4O2S. The van der Waals surface area contributed by atoms with Crippen LogP contribution in [0.4, 0.5) is 11.5 Å². The first-order chi connectivity index (χ1) is 13.8. The average Bonchev–Trinajstić information content (AvgIpc) is 2.70. The van der Waals surface area contributed by atoms with Gasteiger partial charge in [0.05, 0.1) is 27.5 Å². The Balaban J connectivity index is 1.80. The molecule has 0 aliphatic heterocycles. The number of nitrogens with zero attached hydrogens (tertiary/aromatic N) is 2. The third kappa shape index (κ3) is 3.74. The van der Waals surface area contributed by atoms with Crippen LogP contribution >= 0.6 is 11.6 Å². The van der Waals surface area contributed by atoms with Gasteiger partial charge in [-0.1, -0.05) is 35.9 Å². The Morgan fingerprint density at radius 1 is 1.03 bits per heavy atom. The van der Waals surface area contributed by atoms with Crippen LogP contribution in [-0.2, 0) is 10.0 Å². The van der Waals surface area contributed by atoms with Gasteiger partial charge in [-0.15, -0.1) is 0 Å². The second-order valence-corrected chi connectivity index (χ2v) is 8.64. The smallest absolute Gasteiger partial charge is 0.261 e. The van der Waals surface area contributed by atoms with Crippen molar-refractivity contribution in [1.29, 1.82) is 0 Å². The van der Waals surface area contributed by atoms with Crippen LogP contribution in [0.25, 0.3) is 22.0 Å². The number of nitrogen functional groups attached to an aromatic ring is 1. The molecule has 8 heteroatoms. The van der Waals surface area contributed by atoms with Crippen molar-refractivity contribution in [2.75, 3.05) is 10.5 Å². The van der Waals surface area contributed by atoms with Crippen LogP contribution in [-0.4, -0.2) is 18.4 Å². The number of hydrogen-bond donors (Lipinski definition) is 2. The van der Waals surface area contributed by atoms with E-state index in [0.717, 1.165) is 10.8 Å². The van der Waals surface area contributed by atoms with Gasteiger partial charge >= 0.3 is 0 Å². The molecule has 3 N–H and O–H groups in total. The summed E-state index contributed by atoms with van der Waals surface area (Å²) < 4.78 is 28.5. The third-order valence-corrected chi connectivity index (χ3v) is 6.25. The van der Waals surface area contributed by atoms with E-state index >= 15 is 0 Å². The number of anilines is 2. The highest BCUT2D eigenvalue weighted by atomic mass is 35.5. The predicted molar refractivity (Wildman–Crippen MR) is 116 cm³/mol. The lowest BCUT2D eigenvalue weighted by Gasteiger charge is -2.13. The summed E-state index contributed by atoms with van der Waals surface area (Å²) in [4.78, 5) is 8.47. The van der Waals surface area contributed by atoms with Gasteiger partial charge in [-0.3, -0.25) is 9.71 Å². The lowest BCUT2D eigenvalue weighted by atomic mass is 10.0. The zero-order valence-electron chi connectivity index (χ0n) is 15.4. The molecule has 146 valence electrons. The quantitative estimate of drug-likeness (QED) is 0.497. The van der Waals surface area contributed by atoms with Crippen LogP contribution in [0, 0.1) is 6.92 Å². The summed E-state index contributed by atoms with van der Waals surface area (Å²) in [6.07, 6.45) is 3.07. The van der Waals surface area contributed by atoms with Gasteiger partial charge in [0.25, 0.3) is 10.0 Å². The number of benzene rings is 2. The largest absolute Gasteiger partial charge is 0.384 e. The number of aromatic nitrogens is 2. The van der Waals surface area contributed by atoms with Crippen molar-refractivity contribution in [2.24, 2.45) is 0 Å². The average molecular weight is 425 g/mol. The lowest BCUT2D eigenvalue weighted by molar-refractivity contribution is 0.601. The Kier molecular flexibility index (Phi) is 4.86. The number of nitrogens with one attached hydrogen (secondary N) is 1. The fraction of sp³-hybridized carbons (Fsp3) is 0.0476. The highest BCUT2D eigenvalue weighted by Crippen LogP contribution is 2.34. The Bertz CT molecular complexity index is 1330. The summed E-state index contributed by atoms with van der Waals surface area (Å²) in [7, 11) is -3.87. The first-order valence-corrected chi connectivity index (χ1v) is 10.6. The van der Waals surface area contributed by atoms with Gasteiger partial charge in [-0.2, -0.15) is 0 Å². The van der Waals surface area contributed by atoms with Crippen LogP contribution in [0.5, 0.6) is 0 Å². The van der Waals surface area contributed by atoms with Crippen LogP contribution in [0.2, 0.25) is 5.02 Å². The van der Waals surface area contributed by atoms with Crippen LogP contribution in [0.1, 0.15) is 5.56 Å². The van der Waals surface area contributed by atoms with E-state index in [1.54, 1.807) is 25.3 Å². The number of rotatable bonds is 4. The Morgan fingerprint density at radius 2 is 1.83 bits per heavy atom. The minimum Gasteiger partial charge on any atom is -0.384 e. The molecule has 0 amide bonds. The van der Waals surface area contributed by atoms with Crippen molar-refractivity contribution in [3.63, 3.8) is 0 Å². The van der Waals surface area contributed by atoms with Crippen LogP contribution in [0.3, 0.4) is 0 Å². The first-order valence-electron chi connectivity index (χ1n) is 8.74. The maximum atomic E-state index is 13.0. The number of sulfonamides is 1. The van der Waals surface area contributed by atoms with E-state index in [1.807, 2.05) is 30.3 Å². The van der Waals surface area contributed by atoms with Crippen LogP contribution < -0.4 is 10.5 Å². The summed E-state index contributed by atoms with van der Waals surface area (Å²) in [5.74, 6) is 0.321. The van der Waals surface area contributed by atoms with Crippen molar-refractivity contribution in [3.05, 3.63) is 77.6 Å². The number of halogens is 1. The summed E-state index contributed by atoms with van der Waals surface area (Å²) in [6, 6.07) is 15.8. The topological polar surface area (TPSA) is 98.0 Å². The monoisotopic (exact) mass is 424 g/mol. The highest BCUT2D eigenvalue weighted by molar-refractivity contribution is 7.92. The number of nitrogens with two attached hydrogens (primary N) is 1. The van der Waals surface area contributed by atoms with Gasteiger partial charge in [0.15, 0.2) is 0 Å². The van der Waals surface area contributed by atoms with Gasteiger partial charge < -0.3 is 5.73 Å². The number of aryl methyl sites for hydroxylation is 1. The Hall–Kier alpha value is -3.16. The molecule has 0 saturated carbocycles. The molecule has 2 aromatic heterocycles. The summed E-state index contributed by atoms with van der Waals surface area (Å²) in [5, 5.41) is 2.29. The molecule has 0 unspecified atom stereocenters. The van der Waals surface area contributed by atoms with Crippen molar-refractivity contribution in [3.8, 4) is 11.3 Å². The molecule has 6 nitrogen and oxygen atoms in total. The molecule has 0 aliphatic rings. The van der Waals surface area contributed by atoms with Gasteiger partial charge in [0.2, 0.25) is 0 Å². The second-order valence-electron chi connectivity index (χ2n) is 6.55. The molecule has 0 aliphatic carbocycles. The minimum atomic E-state index is -3.87. The second kappa shape index (κ2) is 7.35. The fourth-order valence-corrected chi connectivity index (χ4v) is 4.42. The van der Waals surface area contributed by atoms with Gasteiger partial charge in [-0.25, -0.2) is 13.4 Å². The molecule has 0 saturated heterocycles. The maximum Gasteiger partial charge on any atom is 0.261 e. The van der Waals surface area contributed by atoms with E-state index in [9.17, 15) is 8.42 Å². The summed E-state index contributed by atoms with van der Waals surface area (Å²) >= 11 is 6.40. The molecule has 4 rings (SSSR count). The van der Waals surface area contributed by atoms with Gasteiger partial charge in [0, 0.05) is 17.1 Å². The van der Waals surface area contributed by atoms with E-state index in [1.165, 1.54) is 18.3 Å². The van der Waals surface area contributed by atoms with Crippen molar-refractivity contribution >= 4 is 43.9 Å². The minimum absolute atomic E-state index is 0.0721. The number of fused-ring (bicyclic) bond motifs is 1. The molecule has 0 radical (unpaired) electrons. The van der Waals surface area contributed by atoms with E-state index < -0.39 is 10.0 Å². The molecule has 29 heavy (non-hydrogen) atoms. The van der Waals surface area contributed by atoms with E-state index in [2.05, 4.69) is 14.7 Å². The van der Waals surface area contributed by atoms with Crippen molar-refractivity contribution in [2.45, 2.75) is 11.8 Å². The lowest BCUT2D eigenvalue weighted by Crippen LogP contribution is -2.14.